The molecule has 3 aromatic rings. The Morgan fingerprint density at radius 3 is 2.29 bits per heavy atom. The number of amides is 4. The van der Waals surface area contributed by atoms with Crippen molar-refractivity contribution in [1.29, 1.82) is 0 Å². The Labute approximate surface area is 221 Å². The maximum Gasteiger partial charge on any atom is 0.334 e. The molecule has 5 rings (SSSR count). The number of nitrogens with zero attached hydrogens (tertiary/aromatic N) is 4. The standard InChI is InChI=1S/C29H30FN5O3/c1-20-8-10-22(11-9-20)17-33-18-25-34(27(28(33)37)23-6-4-3-5-7-23)26(36)19-32(2)35(25)29(38)31-16-21-12-14-24(30)15-13-21/h3-15,25,27H,16-19H2,1-2H3,(H,31,38)/t25-,27-/m0/s1. The lowest BCUT2D eigenvalue weighted by molar-refractivity contribution is -0.188. The van der Waals surface area contributed by atoms with Gasteiger partial charge in [0.2, 0.25) is 5.91 Å². The van der Waals surface area contributed by atoms with Gasteiger partial charge in [0, 0.05) is 20.1 Å². The summed E-state index contributed by atoms with van der Waals surface area (Å²) in [5.74, 6) is -0.757. The molecule has 1 N–H and O–H groups in total. The molecule has 0 spiro atoms. The quantitative estimate of drug-likeness (QED) is 0.565. The molecule has 8 nitrogen and oxygen atoms in total. The molecular formula is C29H30FN5O3. The van der Waals surface area contributed by atoms with Crippen LogP contribution < -0.4 is 5.32 Å². The molecule has 0 saturated carbocycles. The first kappa shape index (κ1) is 25.4. The number of halogens is 1. The predicted octanol–water partition coefficient (Wildman–Crippen LogP) is 3.44. The van der Waals surface area contributed by atoms with Crippen molar-refractivity contribution >= 4 is 17.8 Å². The highest BCUT2D eigenvalue weighted by Gasteiger charge is 2.51. The summed E-state index contributed by atoms with van der Waals surface area (Å²) < 4.78 is 13.3. The topological polar surface area (TPSA) is 76.2 Å². The van der Waals surface area contributed by atoms with Gasteiger partial charge in [-0.1, -0.05) is 72.3 Å². The van der Waals surface area contributed by atoms with Gasteiger partial charge in [0.15, 0.2) is 0 Å². The maximum absolute atomic E-state index is 13.9. The molecule has 9 heteroatoms. The first-order chi connectivity index (χ1) is 18.3. The number of carbonyl (C=O) groups is 3. The fraction of sp³-hybridized carbons (Fsp3) is 0.276. The van der Waals surface area contributed by atoms with Crippen LogP contribution in [0.4, 0.5) is 9.18 Å². The Bertz CT molecular complexity index is 1320. The van der Waals surface area contributed by atoms with E-state index >= 15 is 0 Å². The van der Waals surface area contributed by atoms with Crippen LogP contribution in [0.2, 0.25) is 0 Å². The van der Waals surface area contributed by atoms with Gasteiger partial charge in [-0.15, -0.1) is 0 Å². The zero-order valence-corrected chi connectivity index (χ0v) is 21.4. The number of fused-ring (bicyclic) bond motifs is 1. The third-order valence-corrected chi connectivity index (χ3v) is 7.01. The largest absolute Gasteiger partial charge is 0.334 e. The van der Waals surface area contributed by atoms with Crippen molar-refractivity contribution in [3.05, 3.63) is 107 Å². The van der Waals surface area contributed by atoms with Gasteiger partial charge < -0.3 is 15.1 Å². The number of benzene rings is 3. The molecule has 2 aliphatic rings. The summed E-state index contributed by atoms with van der Waals surface area (Å²) in [7, 11) is 1.69. The van der Waals surface area contributed by atoms with Crippen LogP contribution in [0.3, 0.4) is 0 Å². The van der Waals surface area contributed by atoms with Gasteiger partial charge in [0.25, 0.3) is 5.91 Å². The van der Waals surface area contributed by atoms with Crippen LogP contribution in [-0.4, -0.2) is 64.0 Å². The van der Waals surface area contributed by atoms with Gasteiger partial charge in [-0.05, 0) is 35.7 Å². The van der Waals surface area contributed by atoms with E-state index in [1.54, 1.807) is 34.0 Å². The average Bonchev–Trinajstić information content (AvgIpc) is 2.91. The van der Waals surface area contributed by atoms with E-state index in [2.05, 4.69) is 5.32 Å². The Morgan fingerprint density at radius 1 is 0.947 bits per heavy atom. The van der Waals surface area contributed by atoms with E-state index in [0.29, 0.717) is 12.1 Å². The summed E-state index contributed by atoms with van der Waals surface area (Å²) in [6.07, 6.45) is -0.706. The number of urea groups is 1. The summed E-state index contributed by atoms with van der Waals surface area (Å²) in [6, 6.07) is 21.8. The Morgan fingerprint density at radius 2 is 1.61 bits per heavy atom. The maximum atomic E-state index is 13.9. The molecule has 38 heavy (non-hydrogen) atoms. The third kappa shape index (κ3) is 5.10. The second-order valence-electron chi connectivity index (χ2n) is 9.74. The van der Waals surface area contributed by atoms with Crippen LogP contribution >= 0.6 is 0 Å². The fourth-order valence-corrected chi connectivity index (χ4v) is 5.07. The lowest BCUT2D eigenvalue weighted by atomic mass is 9.98. The third-order valence-electron chi connectivity index (χ3n) is 7.01. The highest BCUT2D eigenvalue weighted by Crippen LogP contribution is 2.35. The van der Waals surface area contributed by atoms with Crippen molar-refractivity contribution in [2.24, 2.45) is 0 Å². The number of aryl methyl sites for hydroxylation is 1. The molecule has 3 aromatic carbocycles. The van der Waals surface area contributed by atoms with Crippen LogP contribution in [0.15, 0.2) is 78.9 Å². The first-order valence-electron chi connectivity index (χ1n) is 12.5. The molecule has 2 atom stereocenters. The van der Waals surface area contributed by atoms with Crippen molar-refractivity contribution < 1.29 is 18.8 Å². The van der Waals surface area contributed by atoms with Crippen molar-refractivity contribution in [1.82, 2.24) is 25.1 Å². The number of hydrogen-bond acceptors (Lipinski definition) is 4. The van der Waals surface area contributed by atoms with Gasteiger partial charge in [-0.25, -0.2) is 19.2 Å². The Hall–Kier alpha value is -4.24. The smallest absolute Gasteiger partial charge is 0.333 e. The minimum atomic E-state index is -0.853. The van der Waals surface area contributed by atoms with E-state index in [-0.39, 0.29) is 37.3 Å². The lowest BCUT2D eigenvalue weighted by Gasteiger charge is -2.54. The molecule has 2 aliphatic heterocycles. The highest BCUT2D eigenvalue weighted by atomic mass is 19.1. The summed E-state index contributed by atoms with van der Waals surface area (Å²) in [6.45, 7) is 2.67. The lowest BCUT2D eigenvalue weighted by Crippen LogP contribution is -2.73. The molecule has 0 aliphatic carbocycles. The Kier molecular flexibility index (Phi) is 7.11. The molecule has 2 saturated heterocycles. The number of likely N-dealkylation sites (N-methyl/N-ethyl adjacent to an activating group) is 1. The molecule has 0 aromatic heterocycles. The van der Waals surface area contributed by atoms with Crippen LogP contribution in [-0.2, 0) is 22.7 Å². The Balaban J connectivity index is 1.46. The van der Waals surface area contributed by atoms with Crippen molar-refractivity contribution in [2.75, 3.05) is 20.1 Å². The van der Waals surface area contributed by atoms with Crippen LogP contribution in [0.5, 0.6) is 0 Å². The van der Waals surface area contributed by atoms with Gasteiger partial charge in [0.1, 0.15) is 18.0 Å². The van der Waals surface area contributed by atoms with Gasteiger partial charge in [0.05, 0.1) is 13.1 Å². The molecule has 0 radical (unpaired) electrons. The van der Waals surface area contributed by atoms with Crippen LogP contribution in [0.1, 0.15) is 28.3 Å². The zero-order chi connectivity index (χ0) is 26.8. The van der Waals surface area contributed by atoms with Crippen molar-refractivity contribution in [3.63, 3.8) is 0 Å². The second-order valence-corrected chi connectivity index (χ2v) is 9.74. The molecule has 2 heterocycles. The van der Waals surface area contributed by atoms with Gasteiger partial charge in [-0.3, -0.25) is 9.59 Å². The van der Waals surface area contributed by atoms with Crippen LogP contribution in [0.25, 0.3) is 0 Å². The number of hydrazine groups is 1. The van der Waals surface area contributed by atoms with Crippen LogP contribution in [0, 0.1) is 12.7 Å². The summed E-state index contributed by atoms with van der Waals surface area (Å²) in [5.41, 5.74) is 3.53. The van der Waals surface area contributed by atoms with Crippen molar-refractivity contribution in [3.8, 4) is 0 Å². The summed E-state index contributed by atoms with van der Waals surface area (Å²) in [5, 5.41) is 5.98. The molecule has 4 amide bonds. The molecule has 0 bridgehead atoms. The van der Waals surface area contributed by atoms with E-state index in [0.717, 1.165) is 16.7 Å². The summed E-state index contributed by atoms with van der Waals surface area (Å²) >= 11 is 0. The monoisotopic (exact) mass is 515 g/mol. The SMILES string of the molecule is Cc1ccc(CN2C[C@H]3N(C(=O)CN(C)N3C(=O)NCc3ccc(F)cc3)[C@@H](c3ccccc3)C2=O)cc1. The van der Waals surface area contributed by atoms with E-state index in [4.69, 9.17) is 0 Å². The molecule has 196 valence electrons. The minimum Gasteiger partial charge on any atom is -0.333 e. The van der Waals surface area contributed by atoms with Gasteiger partial charge >= 0.3 is 6.03 Å². The highest BCUT2D eigenvalue weighted by molar-refractivity contribution is 5.92. The number of carbonyl (C=O) groups excluding carboxylic acids is 3. The fourth-order valence-electron chi connectivity index (χ4n) is 5.07. The number of hydrogen-bond donors (Lipinski definition) is 1. The number of piperazine rings is 1. The second kappa shape index (κ2) is 10.6. The van der Waals surface area contributed by atoms with Crippen molar-refractivity contribution in [2.45, 2.75) is 32.2 Å². The first-order valence-corrected chi connectivity index (χ1v) is 12.5. The zero-order valence-electron chi connectivity index (χ0n) is 21.4. The molecular weight excluding hydrogens is 485 g/mol. The van der Waals surface area contributed by atoms with E-state index in [9.17, 15) is 18.8 Å². The number of rotatable bonds is 5. The minimum absolute atomic E-state index is 0.0466. The summed E-state index contributed by atoms with van der Waals surface area (Å²) in [4.78, 5) is 44.0. The average molecular weight is 516 g/mol. The van der Waals surface area contributed by atoms with Gasteiger partial charge in [-0.2, -0.15) is 0 Å². The normalized spacial score (nSPS) is 19.9. The predicted molar refractivity (Wildman–Crippen MR) is 140 cm³/mol. The number of nitrogens with one attached hydrogen (secondary N) is 1. The van der Waals surface area contributed by atoms with E-state index in [1.165, 1.54) is 17.1 Å². The van der Waals surface area contributed by atoms with E-state index in [1.807, 2.05) is 61.5 Å². The molecule has 0 unspecified atom stereocenters. The molecule has 2 fully saturated rings. The van der Waals surface area contributed by atoms with E-state index < -0.39 is 18.2 Å².